The standard InChI is InChI=1S/C17H27NS2/c1-3-19-15-9-8-14(11-15)18-12(2)17-10-13-6-4-5-7-16(13)20-17/h10,12,14-15,18H,3-9,11H2,1-2H3. The van der Waals surface area contributed by atoms with Crippen molar-refractivity contribution in [3.8, 4) is 0 Å². The lowest BCUT2D eigenvalue weighted by atomic mass is 9.99. The van der Waals surface area contributed by atoms with Crippen LogP contribution in [0.5, 0.6) is 0 Å². The molecular formula is C17H27NS2. The van der Waals surface area contributed by atoms with Crippen LogP contribution in [0.1, 0.15) is 67.3 Å². The number of thiophene rings is 1. The summed E-state index contributed by atoms with van der Waals surface area (Å²) in [7, 11) is 0. The number of rotatable bonds is 5. The van der Waals surface area contributed by atoms with Gasteiger partial charge in [0.15, 0.2) is 0 Å². The highest BCUT2D eigenvalue weighted by molar-refractivity contribution is 7.99. The number of hydrogen-bond acceptors (Lipinski definition) is 3. The van der Waals surface area contributed by atoms with Gasteiger partial charge < -0.3 is 5.32 Å². The average Bonchev–Trinajstić information content (AvgIpc) is 3.05. The highest BCUT2D eigenvalue weighted by Crippen LogP contribution is 2.35. The Kier molecular flexibility index (Phi) is 5.11. The molecule has 0 amide bonds. The number of aryl methyl sites for hydroxylation is 2. The van der Waals surface area contributed by atoms with Crippen molar-refractivity contribution < 1.29 is 0 Å². The zero-order valence-electron chi connectivity index (χ0n) is 12.8. The van der Waals surface area contributed by atoms with Crippen molar-refractivity contribution >= 4 is 23.1 Å². The smallest absolute Gasteiger partial charge is 0.0388 e. The van der Waals surface area contributed by atoms with E-state index in [2.05, 4.69) is 48.3 Å². The number of nitrogens with one attached hydrogen (secondary N) is 1. The van der Waals surface area contributed by atoms with Gasteiger partial charge >= 0.3 is 0 Å². The van der Waals surface area contributed by atoms with E-state index >= 15 is 0 Å². The molecule has 20 heavy (non-hydrogen) atoms. The van der Waals surface area contributed by atoms with Crippen LogP contribution >= 0.6 is 23.1 Å². The van der Waals surface area contributed by atoms with Gasteiger partial charge in [0.2, 0.25) is 0 Å². The fraction of sp³-hybridized carbons (Fsp3) is 0.765. The van der Waals surface area contributed by atoms with E-state index in [-0.39, 0.29) is 0 Å². The van der Waals surface area contributed by atoms with E-state index in [1.54, 1.807) is 15.3 Å². The van der Waals surface area contributed by atoms with Crippen LogP contribution in [0.15, 0.2) is 6.07 Å². The largest absolute Gasteiger partial charge is 0.307 e. The van der Waals surface area contributed by atoms with E-state index in [1.165, 1.54) is 50.7 Å². The van der Waals surface area contributed by atoms with Gasteiger partial charge in [0.25, 0.3) is 0 Å². The van der Waals surface area contributed by atoms with Crippen molar-refractivity contribution in [3.05, 3.63) is 21.4 Å². The minimum Gasteiger partial charge on any atom is -0.307 e. The third-order valence-electron chi connectivity index (χ3n) is 4.72. The molecule has 0 spiro atoms. The third-order valence-corrected chi connectivity index (χ3v) is 7.37. The first-order valence-corrected chi connectivity index (χ1v) is 10.1. The van der Waals surface area contributed by atoms with Gasteiger partial charge in [-0.3, -0.25) is 0 Å². The monoisotopic (exact) mass is 309 g/mol. The van der Waals surface area contributed by atoms with Gasteiger partial charge in [-0.15, -0.1) is 11.3 Å². The Labute approximate surface area is 131 Å². The molecule has 1 aromatic heterocycles. The van der Waals surface area contributed by atoms with Crippen molar-refractivity contribution in [2.75, 3.05) is 5.75 Å². The Morgan fingerprint density at radius 1 is 1.35 bits per heavy atom. The maximum Gasteiger partial charge on any atom is 0.0388 e. The second kappa shape index (κ2) is 6.85. The summed E-state index contributed by atoms with van der Waals surface area (Å²) in [6, 6.07) is 3.78. The molecule has 112 valence electrons. The molecule has 2 aliphatic rings. The van der Waals surface area contributed by atoms with Crippen LogP contribution in [0, 0.1) is 0 Å². The minimum atomic E-state index is 0.543. The molecule has 1 N–H and O–H groups in total. The third kappa shape index (κ3) is 3.42. The Morgan fingerprint density at radius 2 is 2.20 bits per heavy atom. The van der Waals surface area contributed by atoms with Gasteiger partial charge in [-0.1, -0.05) is 6.92 Å². The summed E-state index contributed by atoms with van der Waals surface area (Å²) in [5.41, 5.74) is 1.65. The molecule has 3 unspecified atom stereocenters. The van der Waals surface area contributed by atoms with Crippen LogP contribution in [0.3, 0.4) is 0 Å². The highest BCUT2D eigenvalue weighted by Gasteiger charge is 2.26. The lowest BCUT2D eigenvalue weighted by Crippen LogP contribution is -2.29. The summed E-state index contributed by atoms with van der Waals surface area (Å²) in [6.45, 7) is 4.64. The molecule has 1 nitrogen and oxygen atoms in total. The molecule has 0 bridgehead atoms. The van der Waals surface area contributed by atoms with Crippen LogP contribution in [0.4, 0.5) is 0 Å². The van der Waals surface area contributed by atoms with Crippen molar-refractivity contribution in [3.63, 3.8) is 0 Å². The second-order valence-corrected chi connectivity index (χ2v) is 9.03. The molecule has 1 fully saturated rings. The van der Waals surface area contributed by atoms with Gasteiger partial charge in [0.05, 0.1) is 0 Å². The van der Waals surface area contributed by atoms with Crippen LogP contribution in [-0.4, -0.2) is 17.0 Å². The van der Waals surface area contributed by atoms with Crippen molar-refractivity contribution in [2.45, 2.75) is 76.1 Å². The van der Waals surface area contributed by atoms with Crippen molar-refractivity contribution in [1.29, 1.82) is 0 Å². The Balaban J connectivity index is 1.56. The molecule has 3 heteroatoms. The number of fused-ring (bicyclic) bond motifs is 1. The summed E-state index contributed by atoms with van der Waals surface area (Å²) in [5.74, 6) is 1.27. The average molecular weight is 310 g/mol. The van der Waals surface area contributed by atoms with Crippen LogP contribution in [-0.2, 0) is 12.8 Å². The maximum atomic E-state index is 3.89. The van der Waals surface area contributed by atoms with Gasteiger partial charge in [-0.05, 0) is 69.3 Å². The quantitative estimate of drug-likeness (QED) is 0.825. The zero-order chi connectivity index (χ0) is 13.9. The molecule has 0 radical (unpaired) electrons. The fourth-order valence-electron chi connectivity index (χ4n) is 3.64. The summed E-state index contributed by atoms with van der Waals surface area (Å²) in [6.07, 6.45) is 9.57. The van der Waals surface area contributed by atoms with E-state index in [9.17, 15) is 0 Å². The first-order valence-electron chi connectivity index (χ1n) is 8.25. The Morgan fingerprint density at radius 3 is 3.00 bits per heavy atom. The topological polar surface area (TPSA) is 12.0 Å². The molecule has 1 aromatic rings. The van der Waals surface area contributed by atoms with E-state index in [0.717, 1.165) is 11.3 Å². The molecular weight excluding hydrogens is 282 g/mol. The molecule has 2 aliphatic carbocycles. The predicted octanol–water partition coefficient (Wildman–Crippen LogP) is 4.95. The highest BCUT2D eigenvalue weighted by atomic mass is 32.2. The van der Waals surface area contributed by atoms with Crippen LogP contribution in [0.2, 0.25) is 0 Å². The van der Waals surface area contributed by atoms with Gasteiger partial charge in [-0.2, -0.15) is 11.8 Å². The van der Waals surface area contributed by atoms with Gasteiger partial charge in [-0.25, -0.2) is 0 Å². The van der Waals surface area contributed by atoms with E-state index in [0.29, 0.717) is 6.04 Å². The second-order valence-electron chi connectivity index (χ2n) is 6.28. The lowest BCUT2D eigenvalue weighted by molar-refractivity contribution is 0.466. The lowest BCUT2D eigenvalue weighted by Gasteiger charge is -2.18. The van der Waals surface area contributed by atoms with Crippen LogP contribution < -0.4 is 5.32 Å². The Hall–Kier alpha value is 0.01000. The van der Waals surface area contributed by atoms with E-state index < -0.39 is 0 Å². The summed E-state index contributed by atoms with van der Waals surface area (Å²) in [5, 5.41) is 4.79. The van der Waals surface area contributed by atoms with Crippen molar-refractivity contribution in [2.24, 2.45) is 0 Å². The SMILES string of the molecule is CCSC1CCC(NC(C)c2cc3c(s2)CCCC3)C1. The Bertz CT molecular complexity index is 417. The van der Waals surface area contributed by atoms with Crippen LogP contribution in [0.25, 0.3) is 0 Å². The first kappa shape index (κ1) is 14.9. The molecule has 1 saturated carbocycles. The summed E-state index contributed by atoms with van der Waals surface area (Å²) < 4.78 is 0. The van der Waals surface area contributed by atoms with Crippen molar-refractivity contribution in [1.82, 2.24) is 5.32 Å². The summed E-state index contributed by atoms with van der Waals surface area (Å²) >= 11 is 4.22. The summed E-state index contributed by atoms with van der Waals surface area (Å²) in [4.78, 5) is 3.24. The molecule has 0 aromatic carbocycles. The number of hydrogen-bond donors (Lipinski definition) is 1. The predicted molar refractivity (Wildman–Crippen MR) is 92.1 cm³/mol. The molecule has 3 rings (SSSR count). The van der Waals surface area contributed by atoms with E-state index in [1.807, 2.05) is 0 Å². The fourth-order valence-corrected chi connectivity index (χ4v) is 6.05. The zero-order valence-corrected chi connectivity index (χ0v) is 14.4. The molecule has 3 atom stereocenters. The molecule has 0 aliphatic heterocycles. The minimum absolute atomic E-state index is 0.543. The van der Waals surface area contributed by atoms with Gasteiger partial charge in [0.1, 0.15) is 0 Å². The maximum absolute atomic E-state index is 3.89. The first-order chi connectivity index (χ1) is 9.76. The van der Waals surface area contributed by atoms with Gasteiger partial charge in [0, 0.05) is 27.1 Å². The van der Waals surface area contributed by atoms with E-state index in [4.69, 9.17) is 0 Å². The molecule has 0 saturated heterocycles. The number of thioether (sulfide) groups is 1. The molecule has 1 heterocycles. The normalized spacial score (nSPS) is 27.5.